The molecular weight excluding hydrogens is 312 g/mol. The number of hydrogen-bond acceptors (Lipinski definition) is 3. The number of carbonyl (C=O) groups excluding carboxylic acids is 1. The second kappa shape index (κ2) is 10.6. The average molecular weight is 341 g/mol. The van der Waals surface area contributed by atoms with Gasteiger partial charge in [0.2, 0.25) is 5.91 Å². The summed E-state index contributed by atoms with van der Waals surface area (Å²) in [6.07, 6.45) is 4.56. The van der Waals surface area contributed by atoms with Gasteiger partial charge in [-0.2, -0.15) is 0 Å². The first kappa shape index (κ1) is 19.9. The molecule has 0 saturated carbocycles. The topological polar surface area (TPSA) is 55.6 Å². The first-order valence-corrected chi connectivity index (χ1v) is 8.34. The summed E-state index contributed by atoms with van der Waals surface area (Å²) in [6.45, 7) is 4.95. The van der Waals surface area contributed by atoms with E-state index in [0.717, 1.165) is 45.4 Å². The Hall–Kier alpha value is -1.10. The molecule has 1 aliphatic rings. The van der Waals surface area contributed by atoms with Crippen LogP contribution in [0.5, 0.6) is 0 Å². The Labute approximate surface area is 145 Å². The zero-order valence-corrected chi connectivity index (χ0v) is 14.8. The van der Waals surface area contributed by atoms with Crippen molar-refractivity contribution < 1.29 is 9.53 Å². The predicted octanol–water partition coefficient (Wildman–Crippen LogP) is 2.71. The van der Waals surface area contributed by atoms with Gasteiger partial charge in [-0.3, -0.25) is 4.79 Å². The van der Waals surface area contributed by atoms with Crippen LogP contribution in [-0.2, 0) is 16.0 Å². The van der Waals surface area contributed by atoms with Crippen LogP contribution in [0.2, 0.25) is 0 Å². The van der Waals surface area contributed by atoms with Crippen LogP contribution < -0.4 is 5.73 Å². The van der Waals surface area contributed by atoms with Crippen LogP contribution in [0, 0.1) is 6.92 Å². The van der Waals surface area contributed by atoms with Crippen molar-refractivity contribution in [1.82, 2.24) is 4.90 Å². The molecule has 5 heteroatoms. The summed E-state index contributed by atoms with van der Waals surface area (Å²) in [5.41, 5.74) is 8.06. The summed E-state index contributed by atoms with van der Waals surface area (Å²) >= 11 is 0. The van der Waals surface area contributed by atoms with Gasteiger partial charge < -0.3 is 15.4 Å². The second-order valence-corrected chi connectivity index (χ2v) is 6.10. The van der Waals surface area contributed by atoms with E-state index in [-0.39, 0.29) is 24.4 Å². The van der Waals surface area contributed by atoms with Gasteiger partial charge in [0.05, 0.1) is 6.10 Å². The number of aryl methyl sites for hydroxylation is 1. The van der Waals surface area contributed by atoms with Gasteiger partial charge in [-0.05, 0) is 44.7 Å². The van der Waals surface area contributed by atoms with Gasteiger partial charge in [-0.25, -0.2) is 0 Å². The van der Waals surface area contributed by atoms with E-state index in [1.54, 1.807) is 0 Å². The van der Waals surface area contributed by atoms with Crippen molar-refractivity contribution in [3.63, 3.8) is 0 Å². The van der Waals surface area contributed by atoms with E-state index in [0.29, 0.717) is 13.0 Å². The van der Waals surface area contributed by atoms with Gasteiger partial charge in [0.15, 0.2) is 0 Å². The molecule has 4 nitrogen and oxygen atoms in total. The molecule has 130 valence electrons. The summed E-state index contributed by atoms with van der Waals surface area (Å²) in [5.74, 6) is 0.202. The normalized spacial score (nSPS) is 16.9. The van der Waals surface area contributed by atoms with Crippen LogP contribution in [0.4, 0.5) is 0 Å². The molecular formula is C18H29ClN2O2. The van der Waals surface area contributed by atoms with E-state index in [4.69, 9.17) is 10.5 Å². The number of amides is 1. The smallest absolute Gasteiger partial charge is 0.222 e. The van der Waals surface area contributed by atoms with Crippen molar-refractivity contribution >= 4 is 18.3 Å². The minimum Gasteiger partial charge on any atom is -0.376 e. The highest BCUT2D eigenvalue weighted by molar-refractivity contribution is 5.85. The molecule has 0 aromatic heterocycles. The van der Waals surface area contributed by atoms with Gasteiger partial charge in [0.1, 0.15) is 0 Å². The Kier molecular flexibility index (Phi) is 9.22. The molecule has 1 aromatic rings. The fourth-order valence-corrected chi connectivity index (χ4v) is 2.78. The standard InChI is InChI=1S/C18H28N2O2.ClH/c1-15-6-8-16(9-7-15)10-12-20(18(21)5-2-11-19)14-17-4-3-13-22-17;/h6-9,17H,2-5,10-14,19H2,1H3;1H. The average Bonchev–Trinajstić information content (AvgIpc) is 3.03. The van der Waals surface area contributed by atoms with Gasteiger partial charge in [-0.1, -0.05) is 29.8 Å². The molecule has 23 heavy (non-hydrogen) atoms. The molecule has 1 saturated heterocycles. The van der Waals surface area contributed by atoms with Crippen molar-refractivity contribution in [3.8, 4) is 0 Å². The third-order valence-corrected chi connectivity index (χ3v) is 4.19. The third-order valence-electron chi connectivity index (χ3n) is 4.19. The summed E-state index contributed by atoms with van der Waals surface area (Å²) in [7, 11) is 0. The Morgan fingerprint density at radius 2 is 2.09 bits per heavy atom. The zero-order valence-electron chi connectivity index (χ0n) is 14.0. The van der Waals surface area contributed by atoms with Crippen LogP contribution in [-0.4, -0.2) is 43.2 Å². The van der Waals surface area contributed by atoms with Crippen LogP contribution in [0.25, 0.3) is 0 Å². The SMILES string of the molecule is Cc1ccc(CCN(CC2CCCO2)C(=O)CCCN)cc1.Cl. The molecule has 1 aromatic carbocycles. The van der Waals surface area contributed by atoms with Crippen molar-refractivity contribution in [3.05, 3.63) is 35.4 Å². The number of nitrogens with two attached hydrogens (primary N) is 1. The molecule has 1 aliphatic heterocycles. The van der Waals surface area contributed by atoms with Gasteiger partial charge in [0.25, 0.3) is 0 Å². The van der Waals surface area contributed by atoms with Crippen molar-refractivity contribution in [2.75, 3.05) is 26.2 Å². The van der Waals surface area contributed by atoms with Gasteiger partial charge in [0, 0.05) is 26.1 Å². The number of benzene rings is 1. The maximum Gasteiger partial charge on any atom is 0.222 e. The Balaban J connectivity index is 0.00000264. The van der Waals surface area contributed by atoms with Crippen molar-refractivity contribution in [1.29, 1.82) is 0 Å². The monoisotopic (exact) mass is 340 g/mol. The fraction of sp³-hybridized carbons (Fsp3) is 0.611. The zero-order chi connectivity index (χ0) is 15.8. The van der Waals surface area contributed by atoms with Crippen molar-refractivity contribution in [2.24, 2.45) is 5.73 Å². The number of ether oxygens (including phenoxy) is 1. The predicted molar refractivity (Wildman–Crippen MR) is 96.0 cm³/mol. The fourth-order valence-electron chi connectivity index (χ4n) is 2.78. The number of carbonyl (C=O) groups is 1. The van der Waals surface area contributed by atoms with E-state index in [1.807, 2.05) is 4.90 Å². The summed E-state index contributed by atoms with van der Waals surface area (Å²) in [6, 6.07) is 8.53. The lowest BCUT2D eigenvalue weighted by Crippen LogP contribution is -2.38. The maximum absolute atomic E-state index is 12.4. The first-order chi connectivity index (χ1) is 10.7. The lowest BCUT2D eigenvalue weighted by atomic mass is 10.1. The molecule has 2 N–H and O–H groups in total. The number of hydrogen-bond donors (Lipinski definition) is 1. The summed E-state index contributed by atoms with van der Waals surface area (Å²) in [5, 5.41) is 0. The van der Waals surface area contributed by atoms with E-state index >= 15 is 0 Å². The van der Waals surface area contributed by atoms with E-state index in [1.165, 1.54) is 11.1 Å². The lowest BCUT2D eigenvalue weighted by Gasteiger charge is -2.25. The first-order valence-electron chi connectivity index (χ1n) is 8.34. The lowest BCUT2D eigenvalue weighted by molar-refractivity contribution is -0.132. The Bertz CT molecular complexity index is 459. The number of rotatable bonds is 8. The third kappa shape index (κ3) is 6.90. The molecule has 1 heterocycles. The van der Waals surface area contributed by atoms with Crippen LogP contribution in [0.1, 0.15) is 36.8 Å². The molecule has 0 spiro atoms. The molecule has 0 radical (unpaired) electrons. The van der Waals surface area contributed by atoms with Gasteiger partial charge in [-0.15, -0.1) is 12.4 Å². The van der Waals surface area contributed by atoms with E-state index in [9.17, 15) is 4.79 Å². The number of halogens is 1. The van der Waals surface area contributed by atoms with Gasteiger partial charge >= 0.3 is 0 Å². The molecule has 1 unspecified atom stereocenters. The summed E-state index contributed by atoms with van der Waals surface area (Å²) in [4.78, 5) is 14.3. The Morgan fingerprint density at radius 3 is 2.70 bits per heavy atom. The largest absolute Gasteiger partial charge is 0.376 e. The van der Waals surface area contributed by atoms with Crippen LogP contribution in [0.3, 0.4) is 0 Å². The molecule has 2 rings (SSSR count). The Morgan fingerprint density at radius 1 is 1.35 bits per heavy atom. The second-order valence-electron chi connectivity index (χ2n) is 6.10. The highest BCUT2D eigenvalue weighted by Crippen LogP contribution is 2.15. The van der Waals surface area contributed by atoms with Crippen LogP contribution >= 0.6 is 12.4 Å². The molecule has 1 amide bonds. The van der Waals surface area contributed by atoms with Crippen LogP contribution in [0.15, 0.2) is 24.3 Å². The quantitative estimate of drug-likeness (QED) is 0.791. The summed E-state index contributed by atoms with van der Waals surface area (Å²) < 4.78 is 5.69. The van der Waals surface area contributed by atoms with E-state index < -0.39 is 0 Å². The minimum absolute atomic E-state index is 0. The highest BCUT2D eigenvalue weighted by Gasteiger charge is 2.22. The molecule has 0 aliphatic carbocycles. The van der Waals surface area contributed by atoms with E-state index in [2.05, 4.69) is 31.2 Å². The number of nitrogens with zero attached hydrogens (tertiary/aromatic N) is 1. The molecule has 1 fully saturated rings. The minimum atomic E-state index is 0. The molecule has 0 bridgehead atoms. The maximum atomic E-state index is 12.4. The van der Waals surface area contributed by atoms with Crippen molar-refractivity contribution in [2.45, 2.75) is 45.1 Å². The highest BCUT2D eigenvalue weighted by atomic mass is 35.5. The molecule has 1 atom stereocenters.